The SMILES string of the molecule is COC(=O)C1CC=C(c2ccccc2)CN1S(=O)(=O)c1ccc([N+](=O)[O-])cc1. The lowest BCUT2D eigenvalue weighted by molar-refractivity contribution is -0.384. The number of methoxy groups -OCH3 is 1. The van der Waals surface area contributed by atoms with Crippen LogP contribution in [0.1, 0.15) is 12.0 Å². The van der Waals surface area contributed by atoms with Crippen molar-refractivity contribution in [3.8, 4) is 0 Å². The van der Waals surface area contributed by atoms with Crippen molar-refractivity contribution in [2.24, 2.45) is 0 Å². The monoisotopic (exact) mass is 402 g/mol. The number of nitrogens with zero attached hydrogens (tertiary/aromatic N) is 2. The van der Waals surface area contributed by atoms with Crippen molar-refractivity contribution in [3.05, 3.63) is 76.4 Å². The zero-order chi connectivity index (χ0) is 20.3. The molecule has 1 unspecified atom stereocenters. The van der Waals surface area contributed by atoms with Crippen molar-refractivity contribution in [1.29, 1.82) is 0 Å². The second kappa shape index (κ2) is 7.91. The lowest BCUT2D eigenvalue weighted by atomic mass is 9.99. The number of nitro benzene ring substituents is 1. The van der Waals surface area contributed by atoms with Crippen LogP contribution in [0.5, 0.6) is 0 Å². The van der Waals surface area contributed by atoms with Gasteiger partial charge in [0.15, 0.2) is 0 Å². The highest BCUT2D eigenvalue weighted by atomic mass is 32.2. The molecule has 2 aromatic rings. The number of hydrogen-bond acceptors (Lipinski definition) is 6. The molecular formula is C19H18N2O6S. The van der Waals surface area contributed by atoms with Gasteiger partial charge in [0.1, 0.15) is 6.04 Å². The Bertz CT molecular complexity index is 1020. The fourth-order valence-corrected chi connectivity index (χ4v) is 4.62. The predicted octanol–water partition coefficient (Wildman–Crippen LogP) is 2.61. The molecule has 0 N–H and O–H groups in total. The van der Waals surface area contributed by atoms with Gasteiger partial charge >= 0.3 is 5.97 Å². The van der Waals surface area contributed by atoms with E-state index in [2.05, 4.69) is 0 Å². The topological polar surface area (TPSA) is 107 Å². The van der Waals surface area contributed by atoms with Gasteiger partial charge in [-0.1, -0.05) is 36.4 Å². The van der Waals surface area contributed by atoms with Gasteiger partial charge in [0.25, 0.3) is 5.69 Å². The van der Waals surface area contributed by atoms with Gasteiger partial charge in [-0.05, 0) is 29.7 Å². The van der Waals surface area contributed by atoms with Crippen LogP contribution in [0, 0.1) is 10.1 Å². The molecular weight excluding hydrogens is 384 g/mol. The largest absolute Gasteiger partial charge is 0.468 e. The molecule has 0 aromatic heterocycles. The minimum absolute atomic E-state index is 0.0108. The molecule has 0 saturated heterocycles. The molecule has 8 nitrogen and oxygen atoms in total. The summed E-state index contributed by atoms with van der Waals surface area (Å²) in [6.07, 6.45) is 2.00. The molecule has 0 aliphatic carbocycles. The summed E-state index contributed by atoms with van der Waals surface area (Å²) in [7, 11) is -2.88. The van der Waals surface area contributed by atoms with Crippen LogP contribution >= 0.6 is 0 Å². The number of ether oxygens (including phenoxy) is 1. The highest BCUT2D eigenvalue weighted by Gasteiger charge is 2.39. The van der Waals surface area contributed by atoms with Crippen molar-refractivity contribution in [3.63, 3.8) is 0 Å². The van der Waals surface area contributed by atoms with Crippen LogP contribution in [0.4, 0.5) is 5.69 Å². The Labute approximate surface area is 162 Å². The molecule has 0 bridgehead atoms. The molecule has 146 valence electrons. The average Bonchev–Trinajstić information content (AvgIpc) is 2.73. The van der Waals surface area contributed by atoms with Gasteiger partial charge in [-0.2, -0.15) is 4.31 Å². The van der Waals surface area contributed by atoms with Crippen LogP contribution in [-0.4, -0.2) is 43.3 Å². The third-order valence-corrected chi connectivity index (χ3v) is 6.40. The van der Waals surface area contributed by atoms with Crippen molar-refractivity contribution >= 4 is 27.3 Å². The van der Waals surface area contributed by atoms with Gasteiger partial charge in [0.05, 0.1) is 16.9 Å². The Hall–Kier alpha value is -3.04. The number of sulfonamides is 1. The maximum atomic E-state index is 13.2. The van der Waals surface area contributed by atoms with Crippen LogP contribution in [0.25, 0.3) is 5.57 Å². The molecule has 1 atom stereocenters. The molecule has 0 saturated carbocycles. The standard InChI is InChI=1S/C19H18N2O6S/c1-27-19(22)18-12-7-15(14-5-3-2-4-6-14)13-20(18)28(25,26)17-10-8-16(9-11-17)21(23)24/h2-11,18H,12-13H2,1H3. The van der Waals surface area contributed by atoms with E-state index in [0.29, 0.717) is 0 Å². The molecule has 0 amide bonds. The Morgan fingerprint density at radius 3 is 2.36 bits per heavy atom. The number of non-ortho nitro benzene ring substituents is 1. The van der Waals surface area contributed by atoms with E-state index in [9.17, 15) is 23.3 Å². The fraction of sp³-hybridized carbons (Fsp3) is 0.211. The molecule has 28 heavy (non-hydrogen) atoms. The minimum Gasteiger partial charge on any atom is -0.468 e. The number of carbonyl (C=O) groups excluding carboxylic acids is 1. The lowest BCUT2D eigenvalue weighted by Crippen LogP contribution is -2.47. The van der Waals surface area contributed by atoms with Gasteiger partial charge in [0.2, 0.25) is 10.0 Å². The summed E-state index contributed by atoms with van der Waals surface area (Å²) in [5, 5.41) is 10.8. The fourth-order valence-electron chi connectivity index (χ4n) is 3.05. The van der Waals surface area contributed by atoms with Crippen molar-refractivity contribution in [2.75, 3.05) is 13.7 Å². The van der Waals surface area contributed by atoms with Gasteiger partial charge in [-0.3, -0.25) is 14.9 Å². The third kappa shape index (κ3) is 3.80. The number of rotatable bonds is 5. The molecule has 2 aromatic carbocycles. The minimum atomic E-state index is -4.08. The summed E-state index contributed by atoms with van der Waals surface area (Å²) >= 11 is 0. The molecule has 1 aliphatic heterocycles. The van der Waals surface area contributed by atoms with Crippen molar-refractivity contribution in [1.82, 2.24) is 4.31 Å². The Kier molecular flexibility index (Phi) is 5.57. The highest BCUT2D eigenvalue weighted by molar-refractivity contribution is 7.89. The zero-order valence-electron chi connectivity index (χ0n) is 15.0. The molecule has 0 spiro atoms. The van der Waals surface area contributed by atoms with Gasteiger partial charge in [-0.15, -0.1) is 0 Å². The Balaban J connectivity index is 2.00. The van der Waals surface area contributed by atoms with E-state index < -0.39 is 27.0 Å². The number of hydrogen-bond donors (Lipinski definition) is 0. The maximum absolute atomic E-state index is 13.2. The summed E-state index contributed by atoms with van der Waals surface area (Å²) in [5.74, 6) is -0.658. The predicted molar refractivity (Wildman–Crippen MR) is 102 cm³/mol. The zero-order valence-corrected chi connectivity index (χ0v) is 15.8. The number of nitro groups is 1. The van der Waals surface area contributed by atoms with Crippen molar-refractivity contribution < 1.29 is 22.9 Å². The van der Waals surface area contributed by atoms with Crippen LogP contribution in [0.3, 0.4) is 0 Å². The molecule has 3 rings (SSSR count). The molecule has 1 aliphatic rings. The normalized spacial score (nSPS) is 17.6. The van der Waals surface area contributed by atoms with Crippen molar-refractivity contribution in [2.45, 2.75) is 17.4 Å². The summed E-state index contributed by atoms with van der Waals surface area (Å²) in [6.45, 7) is -0.0108. The van der Waals surface area contributed by atoms with Gasteiger partial charge < -0.3 is 4.74 Å². The average molecular weight is 402 g/mol. The number of carbonyl (C=O) groups is 1. The van der Waals surface area contributed by atoms with E-state index in [4.69, 9.17) is 4.74 Å². The first-order valence-corrected chi connectivity index (χ1v) is 9.87. The maximum Gasteiger partial charge on any atom is 0.324 e. The Morgan fingerprint density at radius 2 is 1.79 bits per heavy atom. The van der Waals surface area contributed by atoms with Gasteiger partial charge in [-0.25, -0.2) is 8.42 Å². The van der Waals surface area contributed by atoms with Crippen LogP contribution in [-0.2, 0) is 19.6 Å². The smallest absolute Gasteiger partial charge is 0.324 e. The number of benzene rings is 2. The van der Waals surface area contributed by atoms with Crippen LogP contribution in [0.2, 0.25) is 0 Å². The molecule has 0 radical (unpaired) electrons. The Morgan fingerprint density at radius 1 is 1.14 bits per heavy atom. The summed E-state index contributed by atoms with van der Waals surface area (Å²) in [4.78, 5) is 22.3. The lowest BCUT2D eigenvalue weighted by Gasteiger charge is -2.33. The van der Waals surface area contributed by atoms with E-state index in [1.807, 2.05) is 36.4 Å². The highest BCUT2D eigenvalue weighted by Crippen LogP contribution is 2.30. The quantitative estimate of drug-likeness (QED) is 0.432. The first kappa shape index (κ1) is 19.7. The van der Waals surface area contributed by atoms with E-state index in [1.54, 1.807) is 0 Å². The first-order valence-electron chi connectivity index (χ1n) is 8.43. The van der Waals surface area contributed by atoms with E-state index in [1.165, 1.54) is 19.2 Å². The summed E-state index contributed by atoms with van der Waals surface area (Å²) < 4.78 is 32.3. The van der Waals surface area contributed by atoms with E-state index in [-0.39, 0.29) is 23.5 Å². The number of esters is 1. The second-order valence-electron chi connectivity index (χ2n) is 6.17. The second-order valence-corrected chi connectivity index (χ2v) is 8.06. The van der Waals surface area contributed by atoms with E-state index >= 15 is 0 Å². The summed E-state index contributed by atoms with van der Waals surface area (Å²) in [5.41, 5.74) is 1.41. The molecule has 1 heterocycles. The molecule has 9 heteroatoms. The van der Waals surface area contributed by atoms with E-state index in [0.717, 1.165) is 27.6 Å². The summed E-state index contributed by atoms with van der Waals surface area (Å²) in [6, 6.07) is 12.9. The van der Waals surface area contributed by atoms with Gasteiger partial charge in [0, 0.05) is 18.7 Å². The van der Waals surface area contributed by atoms with Crippen LogP contribution < -0.4 is 0 Å². The van der Waals surface area contributed by atoms with Crippen LogP contribution in [0.15, 0.2) is 65.6 Å². The third-order valence-electron chi connectivity index (χ3n) is 4.53. The first-order chi connectivity index (χ1) is 13.3. The molecule has 0 fully saturated rings.